The van der Waals surface area contributed by atoms with Crippen LogP contribution in [0.25, 0.3) is 0 Å². The van der Waals surface area contributed by atoms with E-state index in [0.717, 1.165) is 31.8 Å². The van der Waals surface area contributed by atoms with Crippen LogP contribution in [0.1, 0.15) is 42.4 Å². The highest BCUT2D eigenvalue weighted by Crippen LogP contribution is 2.20. The Hall–Kier alpha value is -1.88. The normalized spacial score (nSPS) is 18.8. The van der Waals surface area contributed by atoms with Gasteiger partial charge in [-0.15, -0.1) is 0 Å². The van der Waals surface area contributed by atoms with Crippen molar-refractivity contribution >= 4 is 0 Å². The minimum Gasteiger partial charge on any atom is -0.491 e. The van der Waals surface area contributed by atoms with E-state index in [1.165, 1.54) is 42.4 Å². The molecule has 1 saturated carbocycles. The van der Waals surface area contributed by atoms with Crippen molar-refractivity contribution in [2.75, 3.05) is 19.7 Å². The molecule has 0 bridgehead atoms. The van der Waals surface area contributed by atoms with Crippen LogP contribution in [0.15, 0.2) is 48.5 Å². The van der Waals surface area contributed by atoms with Gasteiger partial charge in [-0.2, -0.15) is 0 Å². The van der Waals surface area contributed by atoms with Gasteiger partial charge in [-0.3, -0.25) is 4.90 Å². The number of nitrogens with zero attached hydrogens (tertiary/aromatic N) is 1. The first-order valence-electron chi connectivity index (χ1n) is 10.7. The Bertz CT molecular complexity index is 758. The fraction of sp³-hybridized carbons (Fsp3) is 0.500. The molecule has 1 aliphatic heterocycles. The van der Waals surface area contributed by atoms with Crippen LogP contribution < -0.4 is 10.1 Å². The highest BCUT2D eigenvalue weighted by molar-refractivity contribution is 5.29. The summed E-state index contributed by atoms with van der Waals surface area (Å²) < 4.78 is 5.89. The summed E-state index contributed by atoms with van der Waals surface area (Å²) in [4.78, 5) is 2.32. The zero-order valence-corrected chi connectivity index (χ0v) is 16.6. The lowest BCUT2D eigenvalue weighted by molar-refractivity contribution is 0.0637. The Morgan fingerprint density at radius 2 is 1.89 bits per heavy atom. The average Bonchev–Trinajstić information content (AvgIpc) is 3.25. The Morgan fingerprint density at radius 1 is 1.07 bits per heavy atom. The van der Waals surface area contributed by atoms with Crippen LogP contribution in [0.5, 0.6) is 5.75 Å². The molecule has 1 fully saturated rings. The van der Waals surface area contributed by atoms with E-state index >= 15 is 0 Å². The predicted molar refractivity (Wildman–Crippen MR) is 112 cm³/mol. The molecule has 1 aliphatic carbocycles. The Labute approximate surface area is 168 Å². The molecule has 2 aromatic carbocycles. The topological polar surface area (TPSA) is 44.7 Å². The number of fused-ring (bicyclic) bond motifs is 1. The lowest BCUT2D eigenvalue weighted by Crippen LogP contribution is -2.38. The van der Waals surface area contributed by atoms with E-state index in [9.17, 15) is 5.11 Å². The van der Waals surface area contributed by atoms with Crippen LogP contribution >= 0.6 is 0 Å². The molecule has 1 heterocycles. The quantitative estimate of drug-likeness (QED) is 0.736. The van der Waals surface area contributed by atoms with Crippen molar-refractivity contribution in [3.8, 4) is 5.75 Å². The summed E-state index contributed by atoms with van der Waals surface area (Å²) in [6.07, 6.45) is 5.86. The minimum absolute atomic E-state index is 0.331. The van der Waals surface area contributed by atoms with Crippen molar-refractivity contribution in [3.05, 3.63) is 65.2 Å². The zero-order valence-electron chi connectivity index (χ0n) is 16.6. The second kappa shape index (κ2) is 9.55. The number of aliphatic hydroxyl groups excluding tert-OH is 1. The molecule has 0 amide bonds. The van der Waals surface area contributed by atoms with E-state index in [2.05, 4.69) is 46.6 Å². The van der Waals surface area contributed by atoms with Crippen molar-refractivity contribution in [2.24, 2.45) is 0 Å². The molecule has 0 radical (unpaired) electrons. The molecule has 0 saturated heterocycles. The summed E-state index contributed by atoms with van der Waals surface area (Å²) >= 11 is 0. The van der Waals surface area contributed by atoms with Crippen molar-refractivity contribution in [3.63, 3.8) is 0 Å². The van der Waals surface area contributed by atoms with Gasteiger partial charge in [-0.05, 0) is 48.1 Å². The van der Waals surface area contributed by atoms with E-state index in [-0.39, 0.29) is 0 Å². The Balaban J connectivity index is 1.22. The van der Waals surface area contributed by atoms with Crippen molar-refractivity contribution < 1.29 is 9.84 Å². The molecular formula is C24H32N2O2. The molecule has 0 aromatic heterocycles. The number of hydrogen-bond donors (Lipinski definition) is 2. The number of β-amino-alcohol motifs (C(OH)–C–C–N with tert-alkyl or cyclic N) is 1. The maximum absolute atomic E-state index is 10.4. The summed E-state index contributed by atoms with van der Waals surface area (Å²) in [5, 5.41) is 14.1. The standard InChI is InChI=1S/C24H32N2O2/c27-23(17-26-13-12-20-7-1-2-8-21(20)16-26)18-28-24-11-5-6-19(14-24)15-25-22-9-3-4-10-22/h1-2,5-8,11,14,22-23,25,27H,3-4,9-10,12-13,15-18H2. The van der Waals surface area contributed by atoms with E-state index in [4.69, 9.17) is 4.74 Å². The fourth-order valence-corrected chi connectivity index (χ4v) is 4.39. The number of benzene rings is 2. The van der Waals surface area contributed by atoms with Gasteiger partial charge >= 0.3 is 0 Å². The number of nitrogens with one attached hydrogen (secondary N) is 1. The maximum atomic E-state index is 10.4. The summed E-state index contributed by atoms with van der Waals surface area (Å²) in [5.41, 5.74) is 4.06. The van der Waals surface area contributed by atoms with Gasteiger partial charge in [0.25, 0.3) is 0 Å². The van der Waals surface area contributed by atoms with Crippen LogP contribution in [0.4, 0.5) is 0 Å². The minimum atomic E-state index is -0.481. The lowest BCUT2D eigenvalue weighted by atomic mass is 10.00. The molecule has 2 N–H and O–H groups in total. The third kappa shape index (κ3) is 5.34. The first-order valence-corrected chi connectivity index (χ1v) is 10.7. The molecule has 2 aromatic rings. The second-order valence-corrected chi connectivity index (χ2v) is 8.23. The zero-order chi connectivity index (χ0) is 19.2. The average molecular weight is 381 g/mol. The largest absolute Gasteiger partial charge is 0.491 e. The van der Waals surface area contributed by atoms with Crippen molar-refractivity contribution in [1.82, 2.24) is 10.2 Å². The van der Waals surface area contributed by atoms with Crippen LogP contribution in [-0.2, 0) is 19.5 Å². The summed E-state index contributed by atoms with van der Waals surface area (Å²) in [5.74, 6) is 0.841. The highest BCUT2D eigenvalue weighted by Gasteiger charge is 2.19. The SMILES string of the molecule is OC(COc1cccc(CNC2CCCC2)c1)CN1CCc2ccccc2C1. The van der Waals surface area contributed by atoms with Gasteiger partial charge < -0.3 is 15.2 Å². The first-order chi connectivity index (χ1) is 13.8. The second-order valence-electron chi connectivity index (χ2n) is 8.23. The molecule has 4 nitrogen and oxygen atoms in total. The third-order valence-electron chi connectivity index (χ3n) is 5.97. The van der Waals surface area contributed by atoms with Crippen molar-refractivity contribution in [2.45, 2.75) is 57.3 Å². The molecular weight excluding hydrogens is 348 g/mol. The third-order valence-corrected chi connectivity index (χ3v) is 5.97. The summed E-state index contributed by atoms with van der Waals surface area (Å²) in [7, 11) is 0. The van der Waals surface area contributed by atoms with E-state index in [0.29, 0.717) is 19.2 Å². The van der Waals surface area contributed by atoms with E-state index in [1.54, 1.807) is 0 Å². The van der Waals surface area contributed by atoms with Crippen LogP contribution in [0.2, 0.25) is 0 Å². The van der Waals surface area contributed by atoms with Gasteiger partial charge in [-0.1, -0.05) is 49.2 Å². The van der Waals surface area contributed by atoms with Crippen molar-refractivity contribution in [1.29, 1.82) is 0 Å². The van der Waals surface area contributed by atoms with Crippen LogP contribution in [0.3, 0.4) is 0 Å². The molecule has 28 heavy (non-hydrogen) atoms. The first kappa shape index (κ1) is 19.4. The number of hydrogen-bond acceptors (Lipinski definition) is 4. The van der Waals surface area contributed by atoms with Gasteiger partial charge in [-0.25, -0.2) is 0 Å². The van der Waals surface area contributed by atoms with Crippen LogP contribution in [0, 0.1) is 0 Å². The summed E-state index contributed by atoms with van der Waals surface area (Å²) in [6, 6.07) is 17.5. The lowest BCUT2D eigenvalue weighted by Gasteiger charge is -2.30. The number of aliphatic hydroxyl groups is 1. The molecule has 1 atom stereocenters. The number of rotatable bonds is 8. The molecule has 4 heteroatoms. The van der Waals surface area contributed by atoms with E-state index < -0.39 is 6.10 Å². The van der Waals surface area contributed by atoms with Gasteiger partial charge in [0.15, 0.2) is 0 Å². The fourth-order valence-electron chi connectivity index (χ4n) is 4.39. The van der Waals surface area contributed by atoms with E-state index in [1.807, 2.05) is 12.1 Å². The summed E-state index contributed by atoms with van der Waals surface area (Å²) in [6.45, 7) is 3.78. The monoisotopic (exact) mass is 380 g/mol. The molecule has 0 spiro atoms. The molecule has 1 unspecified atom stereocenters. The van der Waals surface area contributed by atoms with Gasteiger partial charge in [0.05, 0.1) is 0 Å². The molecule has 2 aliphatic rings. The number of ether oxygens (including phenoxy) is 1. The molecule has 4 rings (SSSR count). The Kier molecular flexibility index (Phi) is 6.63. The highest BCUT2D eigenvalue weighted by atomic mass is 16.5. The predicted octanol–water partition coefficient (Wildman–Crippen LogP) is 3.52. The molecule has 150 valence electrons. The van der Waals surface area contributed by atoms with Gasteiger partial charge in [0.1, 0.15) is 18.5 Å². The van der Waals surface area contributed by atoms with Gasteiger partial charge in [0.2, 0.25) is 0 Å². The maximum Gasteiger partial charge on any atom is 0.119 e. The van der Waals surface area contributed by atoms with Gasteiger partial charge in [0, 0.05) is 32.2 Å². The Morgan fingerprint density at radius 3 is 2.75 bits per heavy atom. The van der Waals surface area contributed by atoms with Crippen LogP contribution in [-0.4, -0.2) is 41.8 Å². The smallest absolute Gasteiger partial charge is 0.119 e.